The van der Waals surface area contributed by atoms with Crippen molar-refractivity contribution in [1.82, 2.24) is 9.38 Å². The van der Waals surface area contributed by atoms with Crippen LogP contribution in [0.15, 0.2) is 17.7 Å². The van der Waals surface area contributed by atoms with Gasteiger partial charge in [-0.3, -0.25) is 4.40 Å². The van der Waals surface area contributed by atoms with Crippen LogP contribution in [-0.4, -0.2) is 46.8 Å². The molecule has 112 valence electrons. The Kier molecular flexibility index (Phi) is 3.94. The average Bonchev–Trinajstić information content (AvgIpc) is 3.08. The van der Waals surface area contributed by atoms with Crippen LogP contribution in [0.5, 0.6) is 0 Å². The van der Waals surface area contributed by atoms with Crippen molar-refractivity contribution in [2.45, 2.75) is 18.9 Å². The molecule has 0 radical (unpaired) electrons. The van der Waals surface area contributed by atoms with Crippen LogP contribution in [0.1, 0.15) is 18.5 Å². The summed E-state index contributed by atoms with van der Waals surface area (Å²) >= 11 is 1.54. The first kappa shape index (κ1) is 14.1. The number of hydrogen-bond donors (Lipinski definition) is 1. The van der Waals surface area contributed by atoms with E-state index in [2.05, 4.69) is 9.88 Å². The number of hydrogen-bond acceptors (Lipinski definition) is 5. The van der Waals surface area contributed by atoms with Crippen molar-refractivity contribution in [3.63, 3.8) is 0 Å². The van der Waals surface area contributed by atoms with Crippen molar-refractivity contribution in [3.8, 4) is 0 Å². The zero-order valence-corrected chi connectivity index (χ0v) is 12.5. The van der Waals surface area contributed by atoms with Gasteiger partial charge < -0.3 is 14.7 Å². The van der Waals surface area contributed by atoms with E-state index in [4.69, 9.17) is 9.84 Å². The minimum absolute atomic E-state index is 0.488. The predicted octanol–water partition coefficient (Wildman–Crippen LogP) is 2.11. The summed E-state index contributed by atoms with van der Waals surface area (Å²) < 4.78 is 7.11. The van der Waals surface area contributed by atoms with Crippen molar-refractivity contribution in [3.05, 3.63) is 23.3 Å². The van der Waals surface area contributed by atoms with Gasteiger partial charge in [0.25, 0.3) is 0 Å². The first-order valence-electron chi connectivity index (χ1n) is 6.83. The fourth-order valence-electron chi connectivity index (χ4n) is 2.35. The normalized spacial score (nSPS) is 15.1. The SMILES string of the molecule is COCCN(c1nc2sccn2c1C=CC(=O)O)C1CC1. The molecule has 0 aromatic carbocycles. The second-order valence-corrected chi connectivity index (χ2v) is 5.84. The monoisotopic (exact) mass is 307 g/mol. The van der Waals surface area contributed by atoms with Gasteiger partial charge in [-0.05, 0) is 18.9 Å². The number of methoxy groups -OCH3 is 1. The topological polar surface area (TPSA) is 67.1 Å². The van der Waals surface area contributed by atoms with Gasteiger partial charge in [-0.1, -0.05) is 0 Å². The Balaban J connectivity index is 2.00. The minimum Gasteiger partial charge on any atom is -0.478 e. The Morgan fingerprint density at radius 1 is 1.67 bits per heavy atom. The molecule has 0 saturated heterocycles. The highest BCUT2D eigenvalue weighted by atomic mass is 32.1. The smallest absolute Gasteiger partial charge is 0.328 e. The van der Waals surface area contributed by atoms with Gasteiger partial charge in [0.15, 0.2) is 10.8 Å². The highest BCUT2D eigenvalue weighted by Gasteiger charge is 2.32. The molecule has 1 fully saturated rings. The molecule has 0 atom stereocenters. The van der Waals surface area contributed by atoms with Crippen molar-refractivity contribution in [2.75, 3.05) is 25.2 Å². The summed E-state index contributed by atoms with van der Waals surface area (Å²) in [5.41, 5.74) is 0.816. The molecular weight excluding hydrogens is 290 g/mol. The maximum Gasteiger partial charge on any atom is 0.328 e. The predicted molar refractivity (Wildman–Crippen MR) is 82.0 cm³/mol. The lowest BCUT2D eigenvalue weighted by molar-refractivity contribution is -0.131. The van der Waals surface area contributed by atoms with Crippen molar-refractivity contribution < 1.29 is 14.6 Å². The van der Waals surface area contributed by atoms with Crippen LogP contribution in [0.3, 0.4) is 0 Å². The molecule has 0 spiro atoms. The first-order valence-corrected chi connectivity index (χ1v) is 7.71. The molecule has 1 aliphatic rings. The summed E-state index contributed by atoms with van der Waals surface area (Å²) in [6.07, 6.45) is 6.99. The minimum atomic E-state index is -0.957. The van der Waals surface area contributed by atoms with E-state index in [9.17, 15) is 4.79 Å². The van der Waals surface area contributed by atoms with Gasteiger partial charge in [-0.2, -0.15) is 0 Å². The van der Waals surface area contributed by atoms with Crippen molar-refractivity contribution in [2.24, 2.45) is 0 Å². The molecule has 6 nitrogen and oxygen atoms in total. The van der Waals surface area contributed by atoms with E-state index in [1.165, 1.54) is 0 Å². The molecule has 2 heterocycles. The van der Waals surface area contributed by atoms with Gasteiger partial charge in [0, 0.05) is 37.3 Å². The molecule has 21 heavy (non-hydrogen) atoms. The number of carboxylic acids is 1. The molecular formula is C14H17N3O3S. The molecule has 1 N–H and O–H groups in total. The summed E-state index contributed by atoms with van der Waals surface area (Å²) in [4.78, 5) is 18.6. The van der Waals surface area contributed by atoms with Gasteiger partial charge in [-0.15, -0.1) is 11.3 Å². The molecule has 0 bridgehead atoms. The summed E-state index contributed by atoms with van der Waals surface area (Å²) in [6.45, 7) is 1.39. The van der Waals surface area contributed by atoms with E-state index in [0.717, 1.165) is 41.9 Å². The van der Waals surface area contributed by atoms with Gasteiger partial charge in [0.1, 0.15) is 0 Å². The average molecular weight is 307 g/mol. The summed E-state index contributed by atoms with van der Waals surface area (Å²) in [5.74, 6) is -0.111. The Morgan fingerprint density at radius 2 is 2.48 bits per heavy atom. The summed E-state index contributed by atoms with van der Waals surface area (Å²) in [6, 6.07) is 0.488. The number of aliphatic carboxylic acids is 1. The number of carboxylic acid groups (broad SMARTS) is 1. The highest BCUT2D eigenvalue weighted by molar-refractivity contribution is 7.15. The van der Waals surface area contributed by atoms with Crippen LogP contribution >= 0.6 is 11.3 Å². The molecule has 0 unspecified atom stereocenters. The quantitative estimate of drug-likeness (QED) is 0.794. The Morgan fingerprint density at radius 3 is 3.14 bits per heavy atom. The van der Waals surface area contributed by atoms with Crippen LogP contribution in [-0.2, 0) is 9.53 Å². The first-order chi connectivity index (χ1) is 10.2. The number of ether oxygens (including phenoxy) is 1. The number of imidazole rings is 1. The molecule has 0 aliphatic heterocycles. The van der Waals surface area contributed by atoms with Gasteiger partial charge >= 0.3 is 5.97 Å². The third kappa shape index (κ3) is 2.93. The second kappa shape index (κ2) is 5.87. The van der Waals surface area contributed by atoms with Gasteiger partial charge in [-0.25, -0.2) is 9.78 Å². The number of carbonyl (C=O) groups is 1. The lowest BCUT2D eigenvalue weighted by Gasteiger charge is -2.22. The van der Waals surface area contributed by atoms with Crippen LogP contribution in [0.4, 0.5) is 5.82 Å². The lowest BCUT2D eigenvalue weighted by atomic mass is 10.3. The number of nitrogens with zero attached hydrogens (tertiary/aromatic N) is 3. The Labute approximate surface area is 126 Å². The third-order valence-electron chi connectivity index (χ3n) is 3.46. The fraction of sp³-hybridized carbons (Fsp3) is 0.429. The van der Waals surface area contributed by atoms with Crippen LogP contribution in [0.2, 0.25) is 0 Å². The number of fused-ring (bicyclic) bond motifs is 1. The number of aromatic nitrogens is 2. The fourth-order valence-corrected chi connectivity index (χ4v) is 3.06. The van der Waals surface area contributed by atoms with E-state index in [1.807, 2.05) is 16.0 Å². The molecule has 0 amide bonds. The van der Waals surface area contributed by atoms with Crippen molar-refractivity contribution in [1.29, 1.82) is 0 Å². The summed E-state index contributed by atoms with van der Waals surface area (Å²) in [7, 11) is 1.68. The Hall–Kier alpha value is -1.86. The number of rotatable bonds is 7. The van der Waals surface area contributed by atoms with E-state index < -0.39 is 5.97 Å². The zero-order valence-electron chi connectivity index (χ0n) is 11.7. The van der Waals surface area contributed by atoms with E-state index in [0.29, 0.717) is 12.6 Å². The standard InChI is InChI=1S/C14H17N3O3S/c1-20-8-6-16(10-2-3-10)13-11(4-5-12(18)19)17-7-9-21-14(17)15-13/h4-5,7,9-10H,2-3,6,8H2,1H3,(H,18,19). The molecule has 2 aromatic heterocycles. The maximum absolute atomic E-state index is 10.8. The highest BCUT2D eigenvalue weighted by Crippen LogP contribution is 2.34. The lowest BCUT2D eigenvalue weighted by Crippen LogP contribution is -2.30. The van der Waals surface area contributed by atoms with Gasteiger partial charge in [0.2, 0.25) is 0 Å². The third-order valence-corrected chi connectivity index (χ3v) is 4.22. The van der Waals surface area contributed by atoms with E-state index in [1.54, 1.807) is 24.5 Å². The van der Waals surface area contributed by atoms with Crippen LogP contribution < -0.4 is 4.90 Å². The van der Waals surface area contributed by atoms with Gasteiger partial charge in [0.05, 0.1) is 12.3 Å². The molecule has 7 heteroatoms. The zero-order chi connectivity index (χ0) is 14.8. The second-order valence-electron chi connectivity index (χ2n) is 4.97. The van der Waals surface area contributed by atoms with E-state index >= 15 is 0 Å². The molecule has 3 rings (SSSR count). The molecule has 2 aromatic rings. The van der Waals surface area contributed by atoms with Crippen molar-refractivity contribution >= 4 is 34.2 Å². The van der Waals surface area contributed by atoms with Crippen LogP contribution in [0.25, 0.3) is 11.0 Å². The number of thiazole rings is 1. The largest absolute Gasteiger partial charge is 0.478 e. The summed E-state index contributed by atoms with van der Waals surface area (Å²) in [5, 5.41) is 10.8. The maximum atomic E-state index is 10.8. The number of anilines is 1. The molecule has 1 aliphatic carbocycles. The van der Waals surface area contributed by atoms with E-state index in [-0.39, 0.29) is 0 Å². The molecule has 1 saturated carbocycles. The Bertz CT molecular complexity index is 672. The van der Waals surface area contributed by atoms with Crippen LogP contribution in [0, 0.1) is 0 Å².